The number of rotatable bonds is 7. The van der Waals surface area contributed by atoms with Gasteiger partial charge in [-0.05, 0) is 18.4 Å². The number of benzene rings is 1. The van der Waals surface area contributed by atoms with Gasteiger partial charge in [-0.1, -0.05) is 42.5 Å². The van der Waals surface area contributed by atoms with E-state index in [0.717, 1.165) is 5.56 Å². The van der Waals surface area contributed by atoms with E-state index >= 15 is 0 Å². The van der Waals surface area contributed by atoms with Crippen LogP contribution in [0.25, 0.3) is 0 Å². The van der Waals surface area contributed by atoms with Gasteiger partial charge in [0.05, 0.1) is 18.7 Å². The molecule has 1 saturated heterocycles. The number of amides is 2. The van der Waals surface area contributed by atoms with Gasteiger partial charge in [0, 0.05) is 13.1 Å². The number of carbonyl (C=O) groups excluding carboxylic acids is 2. The lowest BCUT2D eigenvalue weighted by Gasteiger charge is -2.27. The SMILES string of the molecule is NC(=O)[C@@H]1CC[C@H](C(=O)NC/C=C/CO)N1Cc1ccccc1. The summed E-state index contributed by atoms with van der Waals surface area (Å²) < 4.78 is 0. The van der Waals surface area contributed by atoms with Crippen LogP contribution in [-0.4, -0.2) is 47.1 Å². The van der Waals surface area contributed by atoms with Gasteiger partial charge < -0.3 is 16.2 Å². The molecule has 1 aromatic carbocycles. The Morgan fingerprint density at radius 1 is 1.22 bits per heavy atom. The third kappa shape index (κ3) is 4.64. The summed E-state index contributed by atoms with van der Waals surface area (Å²) in [7, 11) is 0. The fourth-order valence-electron chi connectivity index (χ4n) is 2.90. The predicted octanol–water partition coefficient (Wildman–Crippen LogP) is 0.170. The van der Waals surface area contributed by atoms with Crippen LogP contribution in [0.4, 0.5) is 0 Å². The molecule has 6 heteroatoms. The van der Waals surface area contributed by atoms with Crippen LogP contribution in [0, 0.1) is 0 Å². The van der Waals surface area contributed by atoms with Crippen LogP contribution in [-0.2, 0) is 16.1 Å². The van der Waals surface area contributed by atoms with Gasteiger partial charge in [0.2, 0.25) is 11.8 Å². The zero-order valence-electron chi connectivity index (χ0n) is 13.0. The third-order valence-electron chi connectivity index (χ3n) is 4.02. The minimum absolute atomic E-state index is 0.0524. The van der Waals surface area contributed by atoms with Crippen molar-refractivity contribution in [2.45, 2.75) is 31.5 Å². The summed E-state index contributed by atoms with van der Waals surface area (Å²) >= 11 is 0. The summed E-state index contributed by atoms with van der Waals surface area (Å²) in [6, 6.07) is 8.94. The molecule has 0 unspecified atom stereocenters. The lowest BCUT2D eigenvalue weighted by molar-refractivity contribution is -0.128. The van der Waals surface area contributed by atoms with E-state index in [1.54, 1.807) is 12.2 Å². The van der Waals surface area contributed by atoms with Crippen molar-refractivity contribution in [2.75, 3.05) is 13.2 Å². The molecule has 1 aliphatic rings. The molecule has 124 valence electrons. The van der Waals surface area contributed by atoms with E-state index in [1.165, 1.54) is 0 Å². The van der Waals surface area contributed by atoms with Crippen molar-refractivity contribution in [1.29, 1.82) is 0 Å². The number of hydrogen-bond acceptors (Lipinski definition) is 4. The smallest absolute Gasteiger partial charge is 0.237 e. The second-order valence-corrected chi connectivity index (χ2v) is 5.57. The zero-order valence-corrected chi connectivity index (χ0v) is 13.0. The average Bonchev–Trinajstić information content (AvgIpc) is 2.96. The number of likely N-dealkylation sites (tertiary alicyclic amines) is 1. The maximum atomic E-state index is 12.4. The zero-order chi connectivity index (χ0) is 16.7. The molecule has 2 rings (SSSR count). The topological polar surface area (TPSA) is 95.7 Å². The average molecular weight is 317 g/mol. The molecule has 2 atom stereocenters. The fraction of sp³-hybridized carbons (Fsp3) is 0.412. The number of primary amides is 1. The van der Waals surface area contributed by atoms with Crippen LogP contribution in [0.1, 0.15) is 18.4 Å². The summed E-state index contributed by atoms with van der Waals surface area (Å²) in [4.78, 5) is 25.9. The molecular weight excluding hydrogens is 294 g/mol. The third-order valence-corrected chi connectivity index (χ3v) is 4.02. The molecule has 6 nitrogen and oxygen atoms in total. The Balaban J connectivity index is 2.06. The lowest BCUT2D eigenvalue weighted by Crippen LogP contribution is -2.49. The summed E-state index contributed by atoms with van der Waals surface area (Å²) in [5.41, 5.74) is 6.53. The summed E-state index contributed by atoms with van der Waals surface area (Å²) in [5.74, 6) is -0.510. The highest BCUT2D eigenvalue weighted by molar-refractivity contribution is 5.86. The number of nitrogens with one attached hydrogen (secondary N) is 1. The van der Waals surface area contributed by atoms with Gasteiger partial charge in [-0.15, -0.1) is 0 Å². The van der Waals surface area contributed by atoms with Crippen molar-refractivity contribution < 1.29 is 14.7 Å². The van der Waals surface area contributed by atoms with E-state index in [4.69, 9.17) is 10.8 Å². The van der Waals surface area contributed by atoms with Crippen LogP contribution in [0.15, 0.2) is 42.5 Å². The quantitative estimate of drug-likeness (QED) is 0.625. The van der Waals surface area contributed by atoms with Gasteiger partial charge in [0.15, 0.2) is 0 Å². The van der Waals surface area contributed by atoms with Crippen LogP contribution in [0.5, 0.6) is 0 Å². The molecule has 1 fully saturated rings. The van der Waals surface area contributed by atoms with Crippen molar-refractivity contribution >= 4 is 11.8 Å². The van der Waals surface area contributed by atoms with Gasteiger partial charge in [-0.2, -0.15) is 0 Å². The molecule has 0 aliphatic carbocycles. The first-order valence-electron chi connectivity index (χ1n) is 7.76. The number of aliphatic hydroxyl groups excluding tert-OH is 1. The largest absolute Gasteiger partial charge is 0.392 e. The Morgan fingerprint density at radius 2 is 1.91 bits per heavy atom. The Morgan fingerprint density at radius 3 is 2.57 bits per heavy atom. The van der Waals surface area contributed by atoms with Crippen LogP contribution >= 0.6 is 0 Å². The van der Waals surface area contributed by atoms with E-state index in [1.807, 2.05) is 35.2 Å². The van der Waals surface area contributed by atoms with Gasteiger partial charge >= 0.3 is 0 Å². The summed E-state index contributed by atoms with van der Waals surface area (Å²) in [5, 5.41) is 11.5. The maximum absolute atomic E-state index is 12.4. The Hall–Kier alpha value is -2.18. The number of nitrogens with two attached hydrogens (primary N) is 1. The molecule has 0 aromatic heterocycles. The molecule has 23 heavy (non-hydrogen) atoms. The molecule has 1 aromatic rings. The van der Waals surface area contributed by atoms with E-state index in [0.29, 0.717) is 25.9 Å². The molecule has 1 heterocycles. The number of aliphatic hydroxyl groups is 1. The van der Waals surface area contributed by atoms with E-state index in [-0.39, 0.29) is 18.6 Å². The second kappa shape index (κ2) is 8.45. The van der Waals surface area contributed by atoms with E-state index < -0.39 is 11.9 Å². The van der Waals surface area contributed by atoms with Crippen molar-refractivity contribution in [1.82, 2.24) is 10.2 Å². The highest BCUT2D eigenvalue weighted by Gasteiger charge is 2.40. The van der Waals surface area contributed by atoms with E-state index in [9.17, 15) is 9.59 Å². The minimum atomic E-state index is -0.418. The monoisotopic (exact) mass is 317 g/mol. The molecule has 1 aliphatic heterocycles. The minimum Gasteiger partial charge on any atom is -0.392 e. The number of carbonyl (C=O) groups is 2. The first kappa shape index (κ1) is 17.2. The molecular formula is C17H23N3O3. The highest BCUT2D eigenvalue weighted by atomic mass is 16.2. The summed E-state index contributed by atoms with van der Waals surface area (Å²) in [6.45, 7) is 0.818. The van der Waals surface area contributed by atoms with Crippen LogP contribution < -0.4 is 11.1 Å². The molecule has 0 radical (unpaired) electrons. The summed E-state index contributed by atoms with van der Waals surface area (Å²) in [6.07, 6.45) is 4.46. The molecule has 0 spiro atoms. The first-order chi connectivity index (χ1) is 11.1. The van der Waals surface area contributed by atoms with Crippen molar-refractivity contribution in [3.8, 4) is 0 Å². The number of hydrogen-bond donors (Lipinski definition) is 3. The maximum Gasteiger partial charge on any atom is 0.237 e. The normalized spacial score (nSPS) is 21.6. The second-order valence-electron chi connectivity index (χ2n) is 5.57. The Labute approximate surface area is 136 Å². The molecule has 0 saturated carbocycles. The van der Waals surface area contributed by atoms with Gasteiger partial charge in [-0.25, -0.2) is 0 Å². The van der Waals surface area contributed by atoms with Gasteiger partial charge in [0.25, 0.3) is 0 Å². The first-order valence-corrected chi connectivity index (χ1v) is 7.76. The number of nitrogens with zero attached hydrogens (tertiary/aromatic N) is 1. The predicted molar refractivity (Wildman–Crippen MR) is 87.2 cm³/mol. The van der Waals surface area contributed by atoms with Crippen LogP contribution in [0.3, 0.4) is 0 Å². The molecule has 2 amide bonds. The van der Waals surface area contributed by atoms with Gasteiger partial charge in [0.1, 0.15) is 0 Å². The van der Waals surface area contributed by atoms with Crippen molar-refractivity contribution in [3.05, 3.63) is 48.0 Å². The van der Waals surface area contributed by atoms with Crippen molar-refractivity contribution in [3.63, 3.8) is 0 Å². The van der Waals surface area contributed by atoms with E-state index in [2.05, 4.69) is 5.32 Å². The fourth-order valence-corrected chi connectivity index (χ4v) is 2.90. The Kier molecular flexibility index (Phi) is 6.31. The molecule has 0 bridgehead atoms. The highest BCUT2D eigenvalue weighted by Crippen LogP contribution is 2.26. The molecule has 4 N–H and O–H groups in total. The van der Waals surface area contributed by atoms with Crippen molar-refractivity contribution in [2.24, 2.45) is 5.73 Å². The van der Waals surface area contributed by atoms with Gasteiger partial charge in [-0.3, -0.25) is 14.5 Å². The Bertz CT molecular complexity index is 559. The lowest BCUT2D eigenvalue weighted by atomic mass is 10.1. The standard InChI is InChI=1S/C17H23N3O3/c18-16(22)14-8-9-15(17(23)19-10-4-5-11-21)20(14)12-13-6-2-1-3-7-13/h1-7,14-15,21H,8-12H2,(H2,18,22)(H,19,23)/b5-4+/t14-,15+/m0/s1. The van der Waals surface area contributed by atoms with Crippen LogP contribution in [0.2, 0.25) is 0 Å².